The lowest BCUT2D eigenvalue weighted by Crippen LogP contribution is -2.18. The smallest absolute Gasteiger partial charge is 0.238 e. The molecule has 5 heteroatoms. The van der Waals surface area contributed by atoms with Gasteiger partial charge in [0.15, 0.2) is 0 Å². The van der Waals surface area contributed by atoms with Crippen LogP contribution in [0.1, 0.15) is 13.3 Å². The molecule has 0 saturated carbocycles. The number of rotatable bonds is 6. The van der Waals surface area contributed by atoms with E-state index in [1.54, 1.807) is 20.3 Å². The van der Waals surface area contributed by atoms with Crippen LogP contribution in [0.5, 0.6) is 5.88 Å². The van der Waals surface area contributed by atoms with Gasteiger partial charge < -0.3 is 20.5 Å². The first kappa shape index (κ1) is 12.6. The first-order valence-corrected chi connectivity index (χ1v) is 5.23. The fraction of sp³-hybridized carbons (Fsp3) is 0.545. The molecule has 1 unspecified atom stereocenters. The number of hydrogen-bond acceptors (Lipinski definition) is 5. The standard InChI is InChI=1S/C11H19N3O2/c1-8(6-7-15-2)13-10-5-4-9(12)11(14-10)16-3/h4-5,8H,6-7,12H2,1-3H3,(H,13,14). The molecule has 5 nitrogen and oxygen atoms in total. The van der Waals surface area contributed by atoms with Crippen LogP contribution in [0.3, 0.4) is 0 Å². The molecule has 0 aromatic carbocycles. The molecular formula is C11H19N3O2. The minimum atomic E-state index is 0.292. The van der Waals surface area contributed by atoms with Gasteiger partial charge in [-0.2, -0.15) is 4.98 Å². The van der Waals surface area contributed by atoms with Gasteiger partial charge in [0.2, 0.25) is 5.88 Å². The number of anilines is 2. The van der Waals surface area contributed by atoms with Crippen molar-refractivity contribution in [3.05, 3.63) is 12.1 Å². The Hall–Kier alpha value is -1.49. The summed E-state index contributed by atoms with van der Waals surface area (Å²) in [5, 5.41) is 3.25. The quantitative estimate of drug-likeness (QED) is 0.768. The summed E-state index contributed by atoms with van der Waals surface area (Å²) in [7, 11) is 3.24. The molecule has 1 aromatic heterocycles. The first-order chi connectivity index (χ1) is 7.67. The highest BCUT2D eigenvalue weighted by atomic mass is 16.5. The number of pyridine rings is 1. The number of nitrogens with one attached hydrogen (secondary N) is 1. The van der Waals surface area contributed by atoms with Gasteiger partial charge in [0.05, 0.1) is 12.8 Å². The van der Waals surface area contributed by atoms with Gasteiger partial charge in [0.1, 0.15) is 5.82 Å². The van der Waals surface area contributed by atoms with Crippen molar-refractivity contribution in [2.24, 2.45) is 0 Å². The van der Waals surface area contributed by atoms with Crippen LogP contribution >= 0.6 is 0 Å². The molecule has 0 radical (unpaired) electrons. The number of methoxy groups -OCH3 is 2. The Bertz CT molecular complexity index is 331. The van der Waals surface area contributed by atoms with E-state index in [9.17, 15) is 0 Å². The van der Waals surface area contributed by atoms with E-state index in [1.165, 1.54) is 0 Å². The van der Waals surface area contributed by atoms with E-state index < -0.39 is 0 Å². The predicted octanol–water partition coefficient (Wildman–Crippen LogP) is 1.51. The highest BCUT2D eigenvalue weighted by Crippen LogP contribution is 2.20. The molecule has 1 atom stereocenters. The summed E-state index contributed by atoms with van der Waals surface area (Å²) >= 11 is 0. The van der Waals surface area contributed by atoms with Crippen LogP contribution < -0.4 is 15.8 Å². The molecule has 0 spiro atoms. The zero-order valence-electron chi connectivity index (χ0n) is 9.99. The van der Waals surface area contributed by atoms with E-state index in [0.717, 1.165) is 18.8 Å². The Kier molecular flexibility index (Phi) is 4.85. The van der Waals surface area contributed by atoms with E-state index in [2.05, 4.69) is 17.2 Å². The molecule has 0 amide bonds. The van der Waals surface area contributed by atoms with Crippen molar-refractivity contribution in [2.45, 2.75) is 19.4 Å². The van der Waals surface area contributed by atoms with Crippen molar-refractivity contribution in [1.29, 1.82) is 0 Å². The predicted molar refractivity (Wildman–Crippen MR) is 64.8 cm³/mol. The Morgan fingerprint density at radius 1 is 1.44 bits per heavy atom. The van der Waals surface area contributed by atoms with Gasteiger partial charge >= 0.3 is 0 Å². The molecule has 3 N–H and O–H groups in total. The van der Waals surface area contributed by atoms with Gasteiger partial charge in [-0.1, -0.05) is 0 Å². The molecule has 0 bridgehead atoms. The maximum Gasteiger partial charge on any atom is 0.238 e. The number of aromatic nitrogens is 1. The average molecular weight is 225 g/mol. The second-order valence-electron chi connectivity index (χ2n) is 3.62. The average Bonchev–Trinajstić information content (AvgIpc) is 2.29. The van der Waals surface area contributed by atoms with Gasteiger partial charge in [-0.25, -0.2) is 0 Å². The van der Waals surface area contributed by atoms with Gasteiger partial charge in [0, 0.05) is 19.8 Å². The van der Waals surface area contributed by atoms with Crippen molar-refractivity contribution >= 4 is 11.5 Å². The molecule has 0 saturated heterocycles. The van der Waals surface area contributed by atoms with Crippen LogP contribution in [0, 0.1) is 0 Å². The highest BCUT2D eigenvalue weighted by Gasteiger charge is 2.06. The van der Waals surface area contributed by atoms with Gasteiger partial charge in [-0.3, -0.25) is 0 Å². The molecule has 1 rings (SSSR count). The second kappa shape index (κ2) is 6.17. The lowest BCUT2D eigenvalue weighted by atomic mass is 10.2. The van der Waals surface area contributed by atoms with Crippen LogP contribution in [-0.4, -0.2) is 31.9 Å². The van der Waals surface area contributed by atoms with Crippen LogP contribution in [-0.2, 0) is 4.74 Å². The molecular weight excluding hydrogens is 206 g/mol. The van der Waals surface area contributed by atoms with E-state index in [1.807, 2.05) is 6.07 Å². The maximum absolute atomic E-state index is 5.68. The van der Waals surface area contributed by atoms with Crippen molar-refractivity contribution in [1.82, 2.24) is 4.98 Å². The number of nitrogens with two attached hydrogens (primary N) is 1. The third-order valence-corrected chi connectivity index (χ3v) is 2.23. The van der Waals surface area contributed by atoms with Crippen molar-refractivity contribution in [2.75, 3.05) is 31.9 Å². The summed E-state index contributed by atoms with van der Waals surface area (Å²) in [4.78, 5) is 4.24. The maximum atomic E-state index is 5.68. The van der Waals surface area contributed by atoms with Crippen LogP contribution in [0.4, 0.5) is 11.5 Å². The Labute approximate surface area is 96.0 Å². The summed E-state index contributed by atoms with van der Waals surface area (Å²) in [5.74, 6) is 1.21. The van der Waals surface area contributed by atoms with Crippen molar-refractivity contribution < 1.29 is 9.47 Å². The van der Waals surface area contributed by atoms with Crippen LogP contribution in [0.25, 0.3) is 0 Å². The summed E-state index contributed by atoms with van der Waals surface area (Å²) < 4.78 is 10.1. The van der Waals surface area contributed by atoms with Crippen molar-refractivity contribution in [3.8, 4) is 5.88 Å². The summed E-state index contributed by atoms with van der Waals surface area (Å²) in [6.07, 6.45) is 0.921. The van der Waals surface area contributed by atoms with Crippen LogP contribution in [0.15, 0.2) is 12.1 Å². The van der Waals surface area contributed by atoms with Crippen LogP contribution in [0.2, 0.25) is 0 Å². The minimum absolute atomic E-state index is 0.292. The topological polar surface area (TPSA) is 69.4 Å². The number of hydrogen-bond donors (Lipinski definition) is 2. The number of ether oxygens (including phenoxy) is 2. The fourth-order valence-corrected chi connectivity index (χ4v) is 1.31. The first-order valence-electron chi connectivity index (χ1n) is 5.23. The fourth-order valence-electron chi connectivity index (χ4n) is 1.31. The molecule has 0 aliphatic heterocycles. The van der Waals surface area contributed by atoms with E-state index in [4.69, 9.17) is 15.2 Å². The van der Waals surface area contributed by atoms with Gasteiger partial charge in [-0.05, 0) is 25.5 Å². The summed E-state index contributed by atoms with van der Waals surface area (Å²) in [6, 6.07) is 3.90. The molecule has 90 valence electrons. The zero-order chi connectivity index (χ0) is 12.0. The molecule has 1 heterocycles. The van der Waals surface area contributed by atoms with E-state index in [0.29, 0.717) is 17.6 Å². The lowest BCUT2D eigenvalue weighted by molar-refractivity contribution is 0.191. The molecule has 0 fully saturated rings. The Morgan fingerprint density at radius 2 is 2.19 bits per heavy atom. The second-order valence-corrected chi connectivity index (χ2v) is 3.62. The molecule has 16 heavy (non-hydrogen) atoms. The Morgan fingerprint density at radius 3 is 2.81 bits per heavy atom. The van der Waals surface area contributed by atoms with Gasteiger partial charge in [0.25, 0.3) is 0 Å². The Balaban J connectivity index is 2.59. The normalized spacial score (nSPS) is 12.2. The molecule has 1 aromatic rings. The molecule has 0 aliphatic carbocycles. The van der Waals surface area contributed by atoms with Crippen molar-refractivity contribution in [3.63, 3.8) is 0 Å². The third-order valence-electron chi connectivity index (χ3n) is 2.23. The van der Waals surface area contributed by atoms with Gasteiger partial charge in [-0.15, -0.1) is 0 Å². The largest absolute Gasteiger partial charge is 0.479 e. The third kappa shape index (κ3) is 3.58. The lowest BCUT2D eigenvalue weighted by Gasteiger charge is -2.14. The number of nitrogen functional groups attached to an aromatic ring is 1. The summed E-state index contributed by atoms with van der Waals surface area (Å²) in [6.45, 7) is 2.80. The number of nitrogens with zero attached hydrogens (tertiary/aromatic N) is 1. The minimum Gasteiger partial charge on any atom is -0.479 e. The van der Waals surface area contributed by atoms with E-state index >= 15 is 0 Å². The summed E-state index contributed by atoms with van der Waals surface area (Å²) in [5.41, 5.74) is 6.22. The zero-order valence-corrected chi connectivity index (χ0v) is 9.99. The molecule has 0 aliphatic rings. The SMILES string of the molecule is COCCC(C)Nc1ccc(N)c(OC)n1. The highest BCUT2D eigenvalue weighted by molar-refractivity contribution is 5.53. The van der Waals surface area contributed by atoms with E-state index in [-0.39, 0.29) is 0 Å². The monoisotopic (exact) mass is 225 g/mol.